The van der Waals surface area contributed by atoms with Gasteiger partial charge in [-0.05, 0) is 48.2 Å². The Labute approximate surface area is 171 Å². The molecule has 8 heteroatoms. The maximum absolute atomic E-state index is 13.2. The fraction of sp³-hybridized carbons (Fsp3) is 0.238. The number of aromatic nitrogens is 2. The van der Waals surface area contributed by atoms with Crippen molar-refractivity contribution in [3.8, 4) is 11.5 Å². The zero-order chi connectivity index (χ0) is 20.0. The van der Waals surface area contributed by atoms with Crippen LogP contribution in [0.3, 0.4) is 0 Å². The second kappa shape index (κ2) is 6.70. The summed E-state index contributed by atoms with van der Waals surface area (Å²) in [5.41, 5.74) is 2.13. The molecule has 1 fully saturated rings. The summed E-state index contributed by atoms with van der Waals surface area (Å²) in [7, 11) is 0. The van der Waals surface area contributed by atoms with Gasteiger partial charge in [0.05, 0.1) is 0 Å². The van der Waals surface area contributed by atoms with Crippen LogP contribution in [0.25, 0.3) is 11.5 Å². The third-order valence-corrected chi connectivity index (χ3v) is 5.78. The van der Waals surface area contributed by atoms with Gasteiger partial charge in [0.15, 0.2) is 0 Å². The molecule has 0 bridgehead atoms. The summed E-state index contributed by atoms with van der Waals surface area (Å²) in [6, 6.07) is 14.6. The number of aryl methyl sites for hydroxylation is 1. The number of carbonyl (C=O) groups excluding carboxylic acids is 2. The minimum absolute atomic E-state index is 0.0609. The molecule has 1 spiro atoms. The Hall–Kier alpha value is -3.19. The molecule has 2 aliphatic rings. The average Bonchev–Trinajstić information content (AvgIpc) is 3.28. The maximum atomic E-state index is 13.2. The second-order valence-electron chi connectivity index (χ2n) is 7.36. The number of imide groups is 1. The quantitative estimate of drug-likeness (QED) is 0.671. The fourth-order valence-electron chi connectivity index (χ4n) is 4.01. The van der Waals surface area contributed by atoms with Crippen LogP contribution in [0.15, 0.2) is 52.9 Å². The van der Waals surface area contributed by atoms with Crippen LogP contribution in [0, 0.1) is 0 Å². The molecule has 5 rings (SSSR count). The topological polar surface area (TPSA) is 88.3 Å². The van der Waals surface area contributed by atoms with E-state index in [1.165, 1.54) is 5.56 Å². The van der Waals surface area contributed by atoms with E-state index in [4.69, 9.17) is 16.0 Å². The normalized spacial score (nSPS) is 20.8. The SMILES string of the molecule is O=C1N[C@]2(CCc3ccccc3C2)C(=O)N1Cc1nnc(-c2ccc(Cl)cc2)o1. The van der Waals surface area contributed by atoms with Crippen LogP contribution in [0.2, 0.25) is 5.02 Å². The highest BCUT2D eigenvalue weighted by atomic mass is 35.5. The molecule has 0 unspecified atom stereocenters. The van der Waals surface area contributed by atoms with E-state index in [0.717, 1.165) is 16.9 Å². The zero-order valence-corrected chi connectivity index (χ0v) is 16.1. The number of benzene rings is 2. The van der Waals surface area contributed by atoms with Gasteiger partial charge in [0.2, 0.25) is 11.8 Å². The third kappa shape index (κ3) is 3.07. The van der Waals surface area contributed by atoms with Crippen molar-refractivity contribution < 1.29 is 14.0 Å². The van der Waals surface area contributed by atoms with Crippen molar-refractivity contribution in [1.29, 1.82) is 0 Å². The summed E-state index contributed by atoms with van der Waals surface area (Å²) >= 11 is 5.90. The van der Waals surface area contributed by atoms with Crippen LogP contribution in [0.4, 0.5) is 4.79 Å². The average molecular weight is 409 g/mol. The van der Waals surface area contributed by atoms with Gasteiger partial charge < -0.3 is 9.73 Å². The van der Waals surface area contributed by atoms with E-state index in [-0.39, 0.29) is 18.3 Å². The highest BCUT2D eigenvalue weighted by Gasteiger charge is 2.52. The van der Waals surface area contributed by atoms with Gasteiger partial charge in [-0.15, -0.1) is 10.2 Å². The molecule has 1 aromatic heterocycles. The van der Waals surface area contributed by atoms with Gasteiger partial charge in [-0.1, -0.05) is 35.9 Å². The number of fused-ring (bicyclic) bond motifs is 1. The Morgan fingerprint density at radius 1 is 1.07 bits per heavy atom. The van der Waals surface area contributed by atoms with E-state index in [0.29, 0.717) is 29.3 Å². The smallest absolute Gasteiger partial charge is 0.325 e. The van der Waals surface area contributed by atoms with Gasteiger partial charge in [-0.2, -0.15) is 0 Å². The molecule has 3 amide bonds. The number of amides is 3. The molecular weight excluding hydrogens is 392 g/mol. The largest absolute Gasteiger partial charge is 0.419 e. The molecule has 1 atom stereocenters. The molecule has 0 radical (unpaired) electrons. The summed E-state index contributed by atoms with van der Waals surface area (Å²) in [5, 5.41) is 11.5. The monoisotopic (exact) mass is 408 g/mol. The Bertz CT molecular complexity index is 1110. The first-order valence-corrected chi connectivity index (χ1v) is 9.71. The summed E-state index contributed by atoms with van der Waals surface area (Å²) < 4.78 is 5.66. The van der Waals surface area contributed by atoms with E-state index < -0.39 is 11.6 Å². The number of urea groups is 1. The number of rotatable bonds is 3. The van der Waals surface area contributed by atoms with Crippen molar-refractivity contribution in [3.63, 3.8) is 0 Å². The molecule has 3 aromatic rings. The Morgan fingerprint density at radius 2 is 1.83 bits per heavy atom. The number of carbonyl (C=O) groups is 2. The number of hydrogen-bond donors (Lipinski definition) is 1. The van der Waals surface area contributed by atoms with Crippen molar-refractivity contribution in [2.75, 3.05) is 0 Å². The lowest BCUT2D eigenvalue weighted by molar-refractivity contribution is -0.132. The molecular formula is C21H17ClN4O3. The third-order valence-electron chi connectivity index (χ3n) is 5.53. The first-order valence-electron chi connectivity index (χ1n) is 9.33. The van der Waals surface area contributed by atoms with E-state index in [9.17, 15) is 9.59 Å². The Balaban J connectivity index is 1.36. The maximum Gasteiger partial charge on any atom is 0.325 e. The number of halogens is 1. The van der Waals surface area contributed by atoms with Crippen LogP contribution in [0.5, 0.6) is 0 Å². The molecule has 2 heterocycles. The molecule has 29 heavy (non-hydrogen) atoms. The van der Waals surface area contributed by atoms with Gasteiger partial charge in [0.25, 0.3) is 5.91 Å². The Morgan fingerprint density at radius 3 is 2.62 bits per heavy atom. The lowest BCUT2D eigenvalue weighted by atomic mass is 9.78. The van der Waals surface area contributed by atoms with Crippen molar-refractivity contribution in [1.82, 2.24) is 20.4 Å². The van der Waals surface area contributed by atoms with Crippen molar-refractivity contribution >= 4 is 23.5 Å². The first kappa shape index (κ1) is 17.9. The summed E-state index contributed by atoms with van der Waals surface area (Å²) in [6.07, 6.45) is 1.81. The standard InChI is InChI=1S/C21H17ClN4O3/c22-16-7-5-14(6-8-16)18-25-24-17(29-18)12-26-19(27)21(23-20(26)28)10-9-13-3-1-2-4-15(13)11-21/h1-8H,9-12H2,(H,23,28)/t21-/m0/s1. The molecule has 1 aliphatic heterocycles. The van der Waals surface area contributed by atoms with Gasteiger partial charge in [0.1, 0.15) is 12.1 Å². The summed E-state index contributed by atoms with van der Waals surface area (Å²) in [5.74, 6) is 0.264. The first-order chi connectivity index (χ1) is 14.0. The molecule has 1 aliphatic carbocycles. The van der Waals surface area contributed by atoms with Crippen LogP contribution in [-0.4, -0.2) is 32.6 Å². The van der Waals surface area contributed by atoms with Gasteiger partial charge in [0, 0.05) is 17.0 Å². The van der Waals surface area contributed by atoms with Crippen LogP contribution in [0.1, 0.15) is 23.4 Å². The summed E-state index contributed by atoms with van der Waals surface area (Å²) in [4.78, 5) is 26.9. The molecule has 146 valence electrons. The minimum Gasteiger partial charge on any atom is -0.419 e. The molecule has 2 aromatic carbocycles. The minimum atomic E-state index is -0.898. The van der Waals surface area contributed by atoms with Crippen LogP contribution >= 0.6 is 11.6 Å². The van der Waals surface area contributed by atoms with Gasteiger partial charge >= 0.3 is 6.03 Å². The molecule has 1 N–H and O–H groups in total. The number of hydrogen-bond acceptors (Lipinski definition) is 5. The van der Waals surface area contributed by atoms with Gasteiger partial charge in [-0.25, -0.2) is 4.79 Å². The molecule has 1 saturated heterocycles. The lowest BCUT2D eigenvalue weighted by Crippen LogP contribution is -2.51. The predicted molar refractivity (Wildman–Crippen MR) is 105 cm³/mol. The highest BCUT2D eigenvalue weighted by Crippen LogP contribution is 2.34. The highest BCUT2D eigenvalue weighted by molar-refractivity contribution is 6.30. The zero-order valence-electron chi connectivity index (χ0n) is 15.4. The van der Waals surface area contributed by atoms with Crippen molar-refractivity contribution in [2.24, 2.45) is 0 Å². The Kier molecular flexibility index (Phi) is 4.13. The van der Waals surface area contributed by atoms with E-state index in [1.54, 1.807) is 24.3 Å². The fourth-order valence-corrected chi connectivity index (χ4v) is 4.13. The lowest BCUT2D eigenvalue weighted by Gasteiger charge is -2.32. The van der Waals surface area contributed by atoms with E-state index in [2.05, 4.69) is 21.6 Å². The van der Waals surface area contributed by atoms with Crippen LogP contribution in [-0.2, 0) is 24.2 Å². The van der Waals surface area contributed by atoms with E-state index in [1.807, 2.05) is 18.2 Å². The predicted octanol–water partition coefficient (Wildman–Crippen LogP) is 3.37. The number of nitrogens with zero attached hydrogens (tertiary/aromatic N) is 3. The van der Waals surface area contributed by atoms with Crippen molar-refractivity contribution in [2.45, 2.75) is 31.3 Å². The van der Waals surface area contributed by atoms with Crippen LogP contribution < -0.4 is 5.32 Å². The van der Waals surface area contributed by atoms with E-state index >= 15 is 0 Å². The van der Waals surface area contributed by atoms with Gasteiger partial charge in [-0.3, -0.25) is 9.69 Å². The number of nitrogens with one attached hydrogen (secondary N) is 1. The second-order valence-corrected chi connectivity index (χ2v) is 7.79. The van der Waals surface area contributed by atoms with Crippen molar-refractivity contribution in [3.05, 3.63) is 70.6 Å². The molecule has 0 saturated carbocycles. The summed E-state index contributed by atoms with van der Waals surface area (Å²) in [6.45, 7) is -0.0609. The molecule has 7 nitrogen and oxygen atoms in total.